The summed E-state index contributed by atoms with van der Waals surface area (Å²) in [7, 11) is 4.25. The van der Waals surface area contributed by atoms with Crippen LogP contribution < -0.4 is 5.32 Å². The summed E-state index contributed by atoms with van der Waals surface area (Å²) in [6, 6.07) is 0.830. The normalized spacial score (nSPS) is 12.0. The van der Waals surface area contributed by atoms with Crippen molar-refractivity contribution in [2.45, 2.75) is 12.5 Å². The maximum atomic E-state index is 5.31. The first-order valence-electron chi connectivity index (χ1n) is 5.09. The van der Waals surface area contributed by atoms with E-state index < -0.39 is 8.80 Å². The Balaban J connectivity index is 3.54. The molecule has 0 aliphatic carbocycles. The SMILES string of the molecule is COCCNCCC[Si](OC)(OC)OC. The molecule has 0 aliphatic rings. The van der Waals surface area contributed by atoms with Gasteiger partial charge in [-0.15, -0.1) is 0 Å². The second kappa shape index (κ2) is 9.26. The number of hydrogen-bond donors (Lipinski definition) is 1. The molecule has 0 heterocycles. The monoisotopic (exact) mass is 237 g/mol. The largest absolute Gasteiger partial charge is 0.500 e. The van der Waals surface area contributed by atoms with Gasteiger partial charge in [0.05, 0.1) is 6.61 Å². The van der Waals surface area contributed by atoms with Gasteiger partial charge >= 0.3 is 8.80 Å². The van der Waals surface area contributed by atoms with Crippen molar-refractivity contribution in [1.82, 2.24) is 5.32 Å². The van der Waals surface area contributed by atoms with Crippen LogP contribution in [0.15, 0.2) is 0 Å². The van der Waals surface area contributed by atoms with E-state index in [1.54, 1.807) is 28.4 Å². The Morgan fingerprint density at radius 3 is 2.00 bits per heavy atom. The van der Waals surface area contributed by atoms with E-state index in [-0.39, 0.29) is 0 Å². The van der Waals surface area contributed by atoms with Crippen molar-refractivity contribution in [1.29, 1.82) is 0 Å². The van der Waals surface area contributed by atoms with Gasteiger partial charge in [-0.05, 0) is 13.0 Å². The summed E-state index contributed by atoms with van der Waals surface area (Å²) < 4.78 is 20.8. The van der Waals surface area contributed by atoms with E-state index >= 15 is 0 Å². The van der Waals surface area contributed by atoms with Crippen molar-refractivity contribution in [3.05, 3.63) is 0 Å². The Morgan fingerprint density at radius 1 is 0.933 bits per heavy atom. The fourth-order valence-electron chi connectivity index (χ4n) is 1.29. The molecule has 0 amide bonds. The van der Waals surface area contributed by atoms with E-state index in [0.717, 1.165) is 32.2 Å². The predicted octanol–water partition coefficient (Wildman–Crippen LogP) is 0.491. The first-order chi connectivity index (χ1) is 7.24. The van der Waals surface area contributed by atoms with Gasteiger partial charge in [-0.25, -0.2) is 0 Å². The Bertz CT molecular complexity index is 136. The lowest BCUT2D eigenvalue weighted by Gasteiger charge is -2.24. The zero-order chi connectivity index (χ0) is 11.6. The van der Waals surface area contributed by atoms with Gasteiger partial charge in [0, 0.05) is 41.0 Å². The van der Waals surface area contributed by atoms with Crippen LogP contribution in [0.25, 0.3) is 0 Å². The minimum atomic E-state index is -2.36. The molecule has 6 heteroatoms. The average molecular weight is 237 g/mol. The van der Waals surface area contributed by atoms with Gasteiger partial charge in [0.1, 0.15) is 0 Å². The fourth-order valence-corrected chi connectivity index (χ4v) is 3.01. The summed E-state index contributed by atoms with van der Waals surface area (Å²) >= 11 is 0. The third-order valence-corrected chi connectivity index (χ3v) is 5.08. The van der Waals surface area contributed by atoms with Gasteiger partial charge in [-0.3, -0.25) is 0 Å². The van der Waals surface area contributed by atoms with E-state index in [2.05, 4.69) is 5.32 Å². The van der Waals surface area contributed by atoms with Gasteiger partial charge in [0.2, 0.25) is 0 Å². The summed E-state index contributed by atoms with van der Waals surface area (Å²) in [6.07, 6.45) is 0.978. The lowest BCUT2D eigenvalue weighted by atomic mass is 10.5. The quantitative estimate of drug-likeness (QED) is 0.443. The van der Waals surface area contributed by atoms with Crippen molar-refractivity contribution in [3.63, 3.8) is 0 Å². The van der Waals surface area contributed by atoms with E-state index in [1.165, 1.54) is 0 Å². The number of ether oxygens (including phenoxy) is 1. The smallest absolute Gasteiger partial charge is 0.383 e. The lowest BCUT2D eigenvalue weighted by Crippen LogP contribution is -2.43. The maximum absolute atomic E-state index is 5.31. The van der Waals surface area contributed by atoms with Crippen LogP contribution in [0.2, 0.25) is 6.04 Å². The molecule has 0 aromatic carbocycles. The molecule has 0 aromatic rings. The molecular formula is C9H23NO4Si. The van der Waals surface area contributed by atoms with Crippen LogP contribution in [0.4, 0.5) is 0 Å². The van der Waals surface area contributed by atoms with Crippen LogP contribution in [-0.4, -0.2) is 56.9 Å². The van der Waals surface area contributed by atoms with Crippen molar-refractivity contribution in [3.8, 4) is 0 Å². The minimum absolute atomic E-state index is 0.738. The fraction of sp³-hybridized carbons (Fsp3) is 1.00. The number of rotatable bonds is 10. The summed E-state index contributed by atoms with van der Waals surface area (Å²) in [5.41, 5.74) is 0. The Labute approximate surface area is 93.4 Å². The average Bonchev–Trinajstić information content (AvgIpc) is 2.29. The first kappa shape index (κ1) is 15.0. The molecule has 1 N–H and O–H groups in total. The second-order valence-electron chi connectivity index (χ2n) is 3.14. The molecular weight excluding hydrogens is 214 g/mol. The van der Waals surface area contributed by atoms with Crippen molar-refractivity contribution >= 4 is 8.80 Å². The van der Waals surface area contributed by atoms with Crippen LogP contribution in [0.5, 0.6) is 0 Å². The van der Waals surface area contributed by atoms with E-state index in [0.29, 0.717) is 0 Å². The molecule has 5 nitrogen and oxygen atoms in total. The van der Waals surface area contributed by atoms with Gasteiger partial charge in [-0.1, -0.05) is 0 Å². The van der Waals surface area contributed by atoms with Crippen LogP contribution in [0.3, 0.4) is 0 Å². The minimum Gasteiger partial charge on any atom is -0.383 e. The maximum Gasteiger partial charge on any atom is 0.500 e. The van der Waals surface area contributed by atoms with Crippen LogP contribution in [0.1, 0.15) is 6.42 Å². The molecule has 0 aromatic heterocycles. The molecule has 0 aliphatic heterocycles. The molecule has 0 bridgehead atoms. The topological polar surface area (TPSA) is 49.0 Å². The first-order valence-corrected chi connectivity index (χ1v) is 7.03. The molecule has 92 valence electrons. The second-order valence-corrected chi connectivity index (χ2v) is 6.23. The van der Waals surface area contributed by atoms with Gasteiger partial charge < -0.3 is 23.3 Å². The number of nitrogens with one attached hydrogen (secondary N) is 1. The summed E-state index contributed by atoms with van der Waals surface area (Å²) in [5.74, 6) is 0. The van der Waals surface area contributed by atoms with Gasteiger partial charge in [0.15, 0.2) is 0 Å². The summed E-state index contributed by atoms with van der Waals surface area (Å²) in [4.78, 5) is 0. The van der Waals surface area contributed by atoms with E-state index in [1.807, 2.05) is 0 Å². The lowest BCUT2D eigenvalue weighted by molar-refractivity contribution is 0.123. The standard InChI is InChI=1S/C9H23NO4Si/c1-11-8-7-10-6-5-9-15(12-2,13-3)14-4/h10H,5-9H2,1-4H3. The zero-order valence-electron chi connectivity index (χ0n) is 10.2. The Kier molecular flexibility index (Phi) is 9.27. The summed E-state index contributed by atoms with van der Waals surface area (Å²) in [6.45, 7) is 2.54. The van der Waals surface area contributed by atoms with Crippen LogP contribution in [-0.2, 0) is 18.0 Å². The highest BCUT2D eigenvalue weighted by molar-refractivity contribution is 6.60. The molecule has 0 rings (SSSR count). The zero-order valence-corrected chi connectivity index (χ0v) is 11.2. The van der Waals surface area contributed by atoms with E-state index in [4.69, 9.17) is 18.0 Å². The Morgan fingerprint density at radius 2 is 1.53 bits per heavy atom. The van der Waals surface area contributed by atoms with E-state index in [9.17, 15) is 0 Å². The number of methoxy groups -OCH3 is 1. The summed E-state index contributed by atoms with van der Waals surface area (Å²) in [5, 5.41) is 3.26. The Hall–Kier alpha value is 0.0169. The van der Waals surface area contributed by atoms with Crippen LogP contribution >= 0.6 is 0 Å². The molecule has 0 atom stereocenters. The molecule has 0 unspecified atom stereocenters. The molecule has 0 spiro atoms. The van der Waals surface area contributed by atoms with Crippen LogP contribution in [0, 0.1) is 0 Å². The third kappa shape index (κ3) is 6.24. The molecule has 0 fully saturated rings. The highest BCUT2D eigenvalue weighted by atomic mass is 28.4. The third-order valence-electron chi connectivity index (χ3n) is 2.25. The van der Waals surface area contributed by atoms with Gasteiger partial charge in [0.25, 0.3) is 0 Å². The number of hydrogen-bond acceptors (Lipinski definition) is 5. The predicted molar refractivity (Wildman–Crippen MR) is 61.0 cm³/mol. The van der Waals surface area contributed by atoms with Crippen molar-refractivity contribution in [2.24, 2.45) is 0 Å². The highest BCUT2D eigenvalue weighted by Gasteiger charge is 2.36. The molecule has 15 heavy (non-hydrogen) atoms. The van der Waals surface area contributed by atoms with Crippen molar-refractivity contribution in [2.75, 3.05) is 48.1 Å². The molecule has 0 saturated carbocycles. The highest BCUT2D eigenvalue weighted by Crippen LogP contribution is 2.14. The van der Waals surface area contributed by atoms with Crippen molar-refractivity contribution < 1.29 is 18.0 Å². The molecule has 0 saturated heterocycles. The molecule has 0 radical (unpaired) electrons. The van der Waals surface area contributed by atoms with Gasteiger partial charge in [-0.2, -0.15) is 0 Å².